The normalized spacial score (nSPS) is 10.3. The van der Waals surface area contributed by atoms with Gasteiger partial charge >= 0.3 is 0 Å². The van der Waals surface area contributed by atoms with Gasteiger partial charge in [-0.1, -0.05) is 0 Å². The van der Waals surface area contributed by atoms with Gasteiger partial charge in [0.25, 0.3) is 0 Å². The monoisotopic (exact) mass is 207 g/mol. The quantitative estimate of drug-likeness (QED) is 0.727. The Morgan fingerprint density at radius 3 is 2.40 bits per heavy atom. The van der Waals surface area contributed by atoms with Crippen LogP contribution < -0.4 is 5.73 Å². The van der Waals surface area contributed by atoms with Crippen molar-refractivity contribution in [2.24, 2.45) is 0 Å². The summed E-state index contributed by atoms with van der Waals surface area (Å²) in [5, 5.41) is 0. The highest BCUT2D eigenvalue weighted by Crippen LogP contribution is 2.27. The van der Waals surface area contributed by atoms with Crippen LogP contribution >= 0.6 is 0 Å². The summed E-state index contributed by atoms with van der Waals surface area (Å²) in [6, 6.07) is 2.29. The molecule has 5 heteroatoms. The highest BCUT2D eigenvalue weighted by atomic mass is 19.1. The lowest BCUT2D eigenvalue weighted by molar-refractivity contribution is 0.592. The smallest absolute Gasteiger partial charge is 0.156 e. The Morgan fingerprint density at radius 1 is 1.07 bits per heavy atom. The number of rotatable bonds is 1. The number of nitrogen functional groups attached to an aromatic ring is 1. The van der Waals surface area contributed by atoms with Crippen molar-refractivity contribution < 1.29 is 8.78 Å². The van der Waals surface area contributed by atoms with E-state index in [9.17, 15) is 8.78 Å². The molecule has 0 unspecified atom stereocenters. The van der Waals surface area contributed by atoms with E-state index in [0.717, 1.165) is 6.07 Å². The van der Waals surface area contributed by atoms with Crippen LogP contribution in [0.1, 0.15) is 0 Å². The van der Waals surface area contributed by atoms with Crippen molar-refractivity contribution in [2.75, 3.05) is 5.73 Å². The summed E-state index contributed by atoms with van der Waals surface area (Å²) in [4.78, 5) is 7.38. The van der Waals surface area contributed by atoms with E-state index in [1.807, 2.05) is 0 Å². The molecule has 1 heterocycles. The molecule has 0 amide bonds. The van der Waals surface area contributed by atoms with Gasteiger partial charge in [-0.2, -0.15) is 0 Å². The minimum atomic E-state index is -0.787. The molecule has 3 nitrogen and oxygen atoms in total. The van der Waals surface area contributed by atoms with Gasteiger partial charge in [0, 0.05) is 18.0 Å². The molecule has 0 aliphatic rings. The molecule has 0 saturated heterocycles. The van der Waals surface area contributed by atoms with Crippen LogP contribution in [0.4, 0.5) is 14.5 Å². The van der Waals surface area contributed by atoms with Crippen molar-refractivity contribution in [1.82, 2.24) is 9.97 Å². The zero-order valence-corrected chi connectivity index (χ0v) is 7.61. The highest BCUT2D eigenvalue weighted by Gasteiger charge is 2.14. The maximum absolute atomic E-state index is 13.5. The first kappa shape index (κ1) is 9.51. The van der Waals surface area contributed by atoms with Crippen molar-refractivity contribution in [3.8, 4) is 11.1 Å². The Bertz CT molecular complexity index is 486. The fraction of sp³-hybridized carbons (Fsp3) is 0. The number of nitrogens with zero attached hydrogens (tertiary/aromatic N) is 2. The van der Waals surface area contributed by atoms with Crippen LogP contribution in [0.15, 0.2) is 30.9 Å². The molecule has 0 fully saturated rings. The molecule has 2 N–H and O–H groups in total. The van der Waals surface area contributed by atoms with Gasteiger partial charge in [-0.3, -0.25) is 0 Å². The van der Waals surface area contributed by atoms with E-state index >= 15 is 0 Å². The molecule has 2 aromatic rings. The maximum atomic E-state index is 13.5. The second-order valence-corrected chi connectivity index (χ2v) is 2.95. The fourth-order valence-electron chi connectivity index (χ4n) is 1.26. The number of nitrogens with two attached hydrogens (primary N) is 1. The van der Waals surface area contributed by atoms with Crippen LogP contribution in [0.5, 0.6) is 0 Å². The van der Waals surface area contributed by atoms with Gasteiger partial charge in [0.1, 0.15) is 12.1 Å². The first-order chi connectivity index (χ1) is 7.20. The summed E-state index contributed by atoms with van der Waals surface area (Å²) in [5.41, 5.74) is 5.31. The highest BCUT2D eigenvalue weighted by molar-refractivity contribution is 5.67. The second-order valence-electron chi connectivity index (χ2n) is 2.95. The predicted molar refractivity (Wildman–Crippen MR) is 51.8 cm³/mol. The SMILES string of the molecule is Nc1ccc(F)c(-c2cncnc2)c1F. The fourth-order valence-corrected chi connectivity index (χ4v) is 1.26. The zero-order chi connectivity index (χ0) is 10.8. The molecule has 1 aromatic heterocycles. The molecule has 2 rings (SSSR count). The van der Waals surface area contributed by atoms with E-state index in [-0.39, 0.29) is 16.8 Å². The van der Waals surface area contributed by atoms with E-state index in [0.29, 0.717) is 0 Å². The third kappa shape index (κ3) is 1.63. The molecule has 15 heavy (non-hydrogen) atoms. The first-order valence-corrected chi connectivity index (χ1v) is 4.19. The molecule has 0 aliphatic heterocycles. The molecular weight excluding hydrogens is 200 g/mol. The Balaban J connectivity index is 2.68. The van der Waals surface area contributed by atoms with E-state index < -0.39 is 11.6 Å². The van der Waals surface area contributed by atoms with Gasteiger partial charge in [0.2, 0.25) is 0 Å². The predicted octanol–water partition coefficient (Wildman–Crippen LogP) is 2.00. The molecule has 0 aliphatic carbocycles. The summed E-state index contributed by atoms with van der Waals surface area (Å²) in [7, 11) is 0. The molecule has 1 aromatic carbocycles. The van der Waals surface area contributed by atoms with Crippen molar-refractivity contribution in [3.05, 3.63) is 42.5 Å². The lowest BCUT2D eigenvalue weighted by Gasteiger charge is -2.05. The number of aromatic nitrogens is 2. The van der Waals surface area contributed by atoms with Crippen molar-refractivity contribution in [1.29, 1.82) is 0 Å². The second kappa shape index (κ2) is 3.61. The average Bonchev–Trinajstić information content (AvgIpc) is 2.26. The number of anilines is 1. The summed E-state index contributed by atoms with van der Waals surface area (Å²) in [6.45, 7) is 0. The summed E-state index contributed by atoms with van der Waals surface area (Å²) >= 11 is 0. The number of halogens is 2. The van der Waals surface area contributed by atoms with Crippen molar-refractivity contribution in [2.45, 2.75) is 0 Å². The topological polar surface area (TPSA) is 51.8 Å². The third-order valence-corrected chi connectivity index (χ3v) is 1.97. The van der Waals surface area contributed by atoms with Crippen LogP contribution in [0, 0.1) is 11.6 Å². The molecule has 76 valence electrons. The molecule has 0 atom stereocenters. The van der Waals surface area contributed by atoms with Crippen LogP contribution in [-0.2, 0) is 0 Å². The van der Waals surface area contributed by atoms with Crippen LogP contribution in [-0.4, -0.2) is 9.97 Å². The maximum Gasteiger partial charge on any atom is 0.156 e. The van der Waals surface area contributed by atoms with E-state index in [4.69, 9.17) is 5.73 Å². The number of benzene rings is 1. The number of hydrogen-bond donors (Lipinski definition) is 1. The Hall–Kier alpha value is -2.04. The molecular formula is C10H7F2N3. The Labute approximate surface area is 84.6 Å². The lowest BCUT2D eigenvalue weighted by Crippen LogP contribution is -1.97. The Morgan fingerprint density at radius 2 is 1.73 bits per heavy atom. The molecule has 0 bridgehead atoms. The lowest BCUT2D eigenvalue weighted by atomic mass is 10.1. The largest absolute Gasteiger partial charge is 0.396 e. The first-order valence-electron chi connectivity index (χ1n) is 4.19. The van der Waals surface area contributed by atoms with Crippen LogP contribution in [0.2, 0.25) is 0 Å². The van der Waals surface area contributed by atoms with Gasteiger partial charge in [0.15, 0.2) is 5.82 Å². The Kier molecular flexibility index (Phi) is 2.29. The average molecular weight is 207 g/mol. The summed E-state index contributed by atoms with van der Waals surface area (Å²) in [5.74, 6) is -1.47. The van der Waals surface area contributed by atoms with Crippen LogP contribution in [0.25, 0.3) is 11.1 Å². The van der Waals surface area contributed by atoms with E-state index in [2.05, 4.69) is 9.97 Å². The third-order valence-electron chi connectivity index (χ3n) is 1.97. The van der Waals surface area contributed by atoms with Gasteiger partial charge in [-0.05, 0) is 12.1 Å². The van der Waals surface area contributed by atoms with Gasteiger partial charge in [-0.25, -0.2) is 18.7 Å². The standard InChI is InChI=1S/C10H7F2N3/c11-7-1-2-8(13)10(12)9(7)6-3-14-5-15-4-6/h1-5H,13H2. The molecule has 0 saturated carbocycles. The summed E-state index contributed by atoms with van der Waals surface area (Å²) in [6.07, 6.45) is 3.94. The van der Waals surface area contributed by atoms with Crippen molar-refractivity contribution >= 4 is 5.69 Å². The van der Waals surface area contributed by atoms with Crippen molar-refractivity contribution in [3.63, 3.8) is 0 Å². The van der Waals surface area contributed by atoms with E-state index in [1.165, 1.54) is 24.8 Å². The summed E-state index contributed by atoms with van der Waals surface area (Å²) < 4.78 is 26.9. The van der Waals surface area contributed by atoms with Gasteiger partial charge in [-0.15, -0.1) is 0 Å². The van der Waals surface area contributed by atoms with Gasteiger partial charge in [0.05, 0.1) is 11.3 Å². The minimum Gasteiger partial charge on any atom is -0.396 e. The molecule has 0 radical (unpaired) electrons. The number of hydrogen-bond acceptors (Lipinski definition) is 3. The zero-order valence-electron chi connectivity index (χ0n) is 7.61. The minimum absolute atomic E-state index is 0.102. The van der Waals surface area contributed by atoms with Gasteiger partial charge < -0.3 is 5.73 Å². The van der Waals surface area contributed by atoms with Crippen LogP contribution in [0.3, 0.4) is 0 Å². The van der Waals surface area contributed by atoms with E-state index in [1.54, 1.807) is 0 Å². The molecule has 0 spiro atoms.